The molecule has 0 atom stereocenters. The van der Waals surface area contributed by atoms with Crippen molar-refractivity contribution < 1.29 is 13.5 Å². The number of aromatic nitrogens is 2. The first-order valence-electron chi connectivity index (χ1n) is 6.30. The summed E-state index contributed by atoms with van der Waals surface area (Å²) in [6.45, 7) is 2.00. The molecule has 1 aliphatic heterocycles. The maximum Gasteiger partial charge on any atom is 0.154 e. The Balaban J connectivity index is 0.000000171. The van der Waals surface area contributed by atoms with E-state index in [1.807, 2.05) is 22.6 Å². The van der Waals surface area contributed by atoms with E-state index in [2.05, 4.69) is 41.8 Å². The van der Waals surface area contributed by atoms with Gasteiger partial charge in [-0.2, -0.15) is 0 Å². The molecule has 1 aliphatic rings. The largest absolute Gasteiger partial charge is 0.381 e. The highest BCUT2D eigenvalue weighted by Gasteiger charge is 1.97. The van der Waals surface area contributed by atoms with Crippen molar-refractivity contribution in [2.45, 2.75) is 12.8 Å². The number of halogens is 5. The summed E-state index contributed by atoms with van der Waals surface area (Å²) in [5.41, 5.74) is 0. The summed E-state index contributed by atoms with van der Waals surface area (Å²) in [6, 6.07) is 4.52. The van der Waals surface area contributed by atoms with Crippen LogP contribution in [-0.4, -0.2) is 23.2 Å². The Labute approximate surface area is 158 Å². The quantitative estimate of drug-likeness (QED) is 0.327. The van der Waals surface area contributed by atoms with Gasteiger partial charge in [-0.25, -0.2) is 18.7 Å². The predicted molar refractivity (Wildman–Crippen MR) is 96.6 cm³/mol. The third-order valence-corrected chi connectivity index (χ3v) is 4.02. The summed E-state index contributed by atoms with van der Waals surface area (Å²) in [7, 11) is 0. The van der Waals surface area contributed by atoms with Crippen LogP contribution in [0.4, 0.5) is 8.78 Å². The van der Waals surface area contributed by atoms with Gasteiger partial charge in [0, 0.05) is 13.2 Å². The Morgan fingerprint density at radius 2 is 1.64 bits per heavy atom. The van der Waals surface area contributed by atoms with Gasteiger partial charge < -0.3 is 4.74 Å². The molecule has 1 saturated heterocycles. The number of nitrogens with zero attached hydrogens (tertiary/aromatic N) is 2. The van der Waals surface area contributed by atoms with Crippen LogP contribution in [-0.2, 0) is 4.74 Å². The number of hydrogen-bond acceptors (Lipinski definition) is 3. The normalized spacial score (nSPS) is 12.8. The third kappa shape index (κ3) is 9.06. The topological polar surface area (TPSA) is 35.0 Å². The SMILES string of the molecule is C1CCOC1.Fc1ccc(Br)nc1.Fc1cnc(Br)cc1I. The molecule has 22 heavy (non-hydrogen) atoms. The van der Waals surface area contributed by atoms with Gasteiger partial charge in [0.15, 0.2) is 5.82 Å². The molecule has 2 aromatic rings. The molecule has 0 radical (unpaired) electrons. The van der Waals surface area contributed by atoms with E-state index in [1.165, 1.54) is 25.1 Å². The fourth-order valence-corrected chi connectivity index (χ4v) is 2.69. The number of pyridine rings is 2. The van der Waals surface area contributed by atoms with E-state index in [9.17, 15) is 8.78 Å². The number of rotatable bonds is 0. The van der Waals surface area contributed by atoms with Gasteiger partial charge in [0.05, 0.1) is 16.0 Å². The van der Waals surface area contributed by atoms with Crippen molar-refractivity contribution >= 4 is 54.5 Å². The molecular weight excluding hydrogens is 537 g/mol. The summed E-state index contributed by atoms with van der Waals surface area (Å²) < 4.78 is 31.2. The van der Waals surface area contributed by atoms with Crippen molar-refractivity contribution in [3.05, 3.63) is 55.0 Å². The van der Waals surface area contributed by atoms with Crippen molar-refractivity contribution in [2.24, 2.45) is 0 Å². The zero-order chi connectivity index (χ0) is 16.4. The molecule has 3 heterocycles. The lowest BCUT2D eigenvalue weighted by Crippen LogP contribution is -1.83. The monoisotopic (exact) mass is 548 g/mol. The number of ether oxygens (including phenoxy) is 1. The van der Waals surface area contributed by atoms with Crippen molar-refractivity contribution in [1.82, 2.24) is 9.97 Å². The smallest absolute Gasteiger partial charge is 0.154 e. The van der Waals surface area contributed by atoms with Gasteiger partial charge in [0.25, 0.3) is 0 Å². The van der Waals surface area contributed by atoms with Crippen molar-refractivity contribution in [1.29, 1.82) is 0 Å². The van der Waals surface area contributed by atoms with E-state index in [0.29, 0.717) is 12.8 Å². The van der Waals surface area contributed by atoms with E-state index < -0.39 is 0 Å². The Hall–Kier alpha value is -0.190. The zero-order valence-electron chi connectivity index (χ0n) is 11.4. The highest BCUT2D eigenvalue weighted by molar-refractivity contribution is 14.1. The molecule has 0 spiro atoms. The van der Waals surface area contributed by atoms with Crippen LogP contribution in [0.5, 0.6) is 0 Å². The van der Waals surface area contributed by atoms with E-state index in [4.69, 9.17) is 4.74 Å². The summed E-state index contributed by atoms with van der Waals surface area (Å²) >= 11 is 8.09. The van der Waals surface area contributed by atoms with E-state index in [0.717, 1.165) is 19.4 Å². The van der Waals surface area contributed by atoms with Crippen molar-refractivity contribution in [3.63, 3.8) is 0 Å². The highest BCUT2D eigenvalue weighted by Crippen LogP contribution is 2.13. The predicted octanol–water partition coefficient (Wildman–Crippen LogP) is 5.37. The minimum absolute atomic E-state index is 0.279. The van der Waals surface area contributed by atoms with Crippen LogP contribution in [0.15, 0.2) is 39.8 Å². The zero-order valence-corrected chi connectivity index (χ0v) is 16.7. The van der Waals surface area contributed by atoms with E-state index in [-0.39, 0.29) is 11.6 Å². The fraction of sp³-hybridized carbons (Fsp3) is 0.286. The highest BCUT2D eigenvalue weighted by atomic mass is 127. The average molecular weight is 550 g/mol. The second kappa shape index (κ2) is 11.4. The second-order valence-electron chi connectivity index (χ2n) is 4.04. The van der Waals surface area contributed by atoms with Gasteiger partial charge in [0.2, 0.25) is 0 Å². The minimum atomic E-state index is -0.312. The van der Waals surface area contributed by atoms with Crippen molar-refractivity contribution in [3.8, 4) is 0 Å². The average Bonchev–Trinajstić information content (AvgIpc) is 3.07. The van der Waals surface area contributed by atoms with Crippen molar-refractivity contribution in [2.75, 3.05) is 13.2 Å². The first-order valence-corrected chi connectivity index (χ1v) is 8.97. The Morgan fingerprint density at radius 3 is 2.00 bits per heavy atom. The lowest BCUT2D eigenvalue weighted by molar-refractivity contribution is 0.198. The summed E-state index contributed by atoms with van der Waals surface area (Å²) in [5.74, 6) is -0.591. The number of hydrogen-bond donors (Lipinski definition) is 0. The Kier molecular flexibility index (Phi) is 10.3. The minimum Gasteiger partial charge on any atom is -0.381 e. The molecule has 3 nitrogen and oxygen atoms in total. The maximum atomic E-state index is 12.4. The molecule has 0 amide bonds. The first kappa shape index (κ1) is 19.9. The van der Waals surface area contributed by atoms with E-state index in [1.54, 1.807) is 12.1 Å². The van der Waals surface area contributed by atoms with Crippen LogP contribution in [0.2, 0.25) is 0 Å². The third-order valence-electron chi connectivity index (χ3n) is 2.29. The second-order valence-corrected chi connectivity index (χ2v) is 6.83. The molecule has 0 N–H and O–H groups in total. The summed E-state index contributed by atoms with van der Waals surface area (Å²) in [4.78, 5) is 7.30. The lowest BCUT2D eigenvalue weighted by Gasteiger charge is -1.91. The van der Waals surface area contributed by atoms with E-state index >= 15 is 0 Å². The molecule has 1 fully saturated rings. The van der Waals surface area contributed by atoms with Gasteiger partial charge in [-0.3, -0.25) is 0 Å². The van der Waals surface area contributed by atoms with Gasteiger partial charge in [-0.15, -0.1) is 0 Å². The van der Waals surface area contributed by atoms with Gasteiger partial charge in [-0.1, -0.05) is 0 Å². The molecule has 0 aromatic carbocycles. The Bertz CT molecular complexity index is 541. The summed E-state index contributed by atoms with van der Waals surface area (Å²) in [6.07, 6.45) is 4.90. The molecular formula is C14H13Br2F2IN2O. The molecule has 0 unspecified atom stereocenters. The van der Waals surface area contributed by atoms with Gasteiger partial charge in [0.1, 0.15) is 15.0 Å². The Morgan fingerprint density at radius 1 is 1.00 bits per heavy atom. The lowest BCUT2D eigenvalue weighted by atomic mass is 10.4. The standard InChI is InChI=1S/C5H2BrFIN.C5H3BrFN.C4H8O/c6-5-1-4(8)3(7)2-9-5;6-5-2-1-4(7)3-8-5;1-2-4-5-3-1/h1-2H;1-3H;1-4H2. The van der Waals surface area contributed by atoms with Gasteiger partial charge >= 0.3 is 0 Å². The van der Waals surface area contributed by atoms with Gasteiger partial charge in [-0.05, 0) is 85.5 Å². The van der Waals surface area contributed by atoms with Crippen LogP contribution in [0, 0.1) is 15.2 Å². The molecule has 3 rings (SSSR count). The molecule has 0 saturated carbocycles. The van der Waals surface area contributed by atoms with Crippen LogP contribution >= 0.6 is 54.5 Å². The van der Waals surface area contributed by atoms with Crippen LogP contribution in [0.25, 0.3) is 0 Å². The first-order chi connectivity index (χ1) is 10.5. The molecule has 2 aromatic heterocycles. The molecule has 8 heteroatoms. The maximum absolute atomic E-state index is 12.4. The van der Waals surface area contributed by atoms with Crippen LogP contribution < -0.4 is 0 Å². The van der Waals surface area contributed by atoms with Crippen LogP contribution in [0.3, 0.4) is 0 Å². The fourth-order valence-electron chi connectivity index (χ4n) is 1.26. The molecule has 0 bridgehead atoms. The molecule has 120 valence electrons. The van der Waals surface area contributed by atoms with Crippen LogP contribution in [0.1, 0.15) is 12.8 Å². The summed E-state index contributed by atoms with van der Waals surface area (Å²) in [5, 5.41) is 0. The molecule has 0 aliphatic carbocycles.